The summed E-state index contributed by atoms with van der Waals surface area (Å²) in [6.45, 7) is 33.7. The number of ether oxygens (including phenoxy) is 2. The fraction of sp³-hybridized carbons (Fsp3) is 0.288. The molecule has 0 atom stereocenters. The summed E-state index contributed by atoms with van der Waals surface area (Å²) in [4.78, 5) is 89.8. The second-order valence-electron chi connectivity index (χ2n) is 20.6. The summed E-state index contributed by atoms with van der Waals surface area (Å²) in [7, 11) is 0. The van der Waals surface area contributed by atoms with Crippen molar-refractivity contribution in [2.75, 3.05) is 22.9 Å². The van der Waals surface area contributed by atoms with Crippen LogP contribution in [0.25, 0.3) is 26.3 Å². The molecule has 0 saturated heterocycles. The molecule has 16 heteroatoms. The number of aromatic hydroxyl groups is 4. The summed E-state index contributed by atoms with van der Waals surface area (Å²) in [6.07, 6.45) is 1.61. The zero-order valence-electron chi connectivity index (χ0n) is 43.7. The highest BCUT2D eigenvalue weighted by molar-refractivity contribution is 6.13. The summed E-state index contributed by atoms with van der Waals surface area (Å²) in [5.74, 6) is -4.60. The fourth-order valence-electron chi connectivity index (χ4n) is 10.8. The number of nitrogens with zero attached hydrogens (tertiary/aromatic N) is 3. The van der Waals surface area contributed by atoms with Gasteiger partial charge in [0.1, 0.15) is 34.5 Å². The van der Waals surface area contributed by atoms with E-state index < -0.39 is 40.2 Å². The van der Waals surface area contributed by atoms with Gasteiger partial charge in [0.2, 0.25) is 11.8 Å². The standard InChI is InChI=1S/C59H59N3O13/c1-15-60(47(65)26-57(11,12)49-34(9)51(67)30(5)32(7)53(49)69)41-24-43-39(21-28(41)3)59(38-18-17-36(23-37(38)56(72)74-59)55(71)75-62-45(63)19-20-46(62)64)40-22-29(4)42(25-44(40)73-43)61(16-2)48(66)27-58(13,14)50-35(10)52(68)31(6)33(8)54(50)70/h17-25,67-70H,7-10,15-16,26-27H2,1-6,11-14H3. The van der Waals surface area contributed by atoms with Crippen molar-refractivity contribution >= 4 is 73.3 Å². The molecule has 0 fully saturated rings. The first-order valence-electron chi connectivity index (χ1n) is 24.2. The molecule has 8 rings (SSSR count). The lowest BCUT2D eigenvalue weighted by Crippen LogP contribution is -2.39. The molecule has 3 aliphatic heterocycles. The maximum absolute atomic E-state index is 14.6. The summed E-state index contributed by atoms with van der Waals surface area (Å²) < 4.78 is 13.4. The molecule has 0 radical (unpaired) electrons. The van der Waals surface area contributed by atoms with Crippen molar-refractivity contribution in [3.05, 3.63) is 137 Å². The Hall–Kier alpha value is -8.66. The van der Waals surface area contributed by atoms with Crippen LogP contribution in [0.4, 0.5) is 11.4 Å². The number of aryl methyl sites for hydroxylation is 2. The molecule has 4 N–H and O–H groups in total. The summed E-state index contributed by atoms with van der Waals surface area (Å²) in [5, 5.41) is 45.5. The lowest BCUT2D eigenvalue weighted by atomic mass is 9.76. The van der Waals surface area contributed by atoms with Crippen molar-refractivity contribution in [3.63, 3.8) is 0 Å². The van der Waals surface area contributed by atoms with E-state index in [1.807, 2.05) is 0 Å². The highest BCUT2D eigenvalue weighted by Crippen LogP contribution is 2.58. The van der Waals surface area contributed by atoms with Crippen LogP contribution in [0.5, 0.6) is 34.5 Å². The van der Waals surface area contributed by atoms with E-state index in [0.717, 1.165) is 12.2 Å². The predicted octanol–water partition coefficient (Wildman–Crippen LogP) is 6.39. The molecule has 1 spiro atoms. The Kier molecular flexibility index (Phi) is 12.9. The molecule has 0 saturated carbocycles. The maximum atomic E-state index is 14.6. The highest BCUT2D eigenvalue weighted by Gasteiger charge is 2.55. The van der Waals surface area contributed by atoms with Crippen LogP contribution in [0.2, 0.25) is 0 Å². The van der Waals surface area contributed by atoms with Gasteiger partial charge in [-0.3, -0.25) is 19.2 Å². The molecule has 3 aliphatic rings. The molecule has 5 aromatic carbocycles. The lowest BCUT2D eigenvalue weighted by molar-refractivity contribution is -0.170. The van der Waals surface area contributed by atoms with E-state index in [1.54, 1.807) is 103 Å². The second-order valence-corrected chi connectivity index (χ2v) is 20.6. The SMILES string of the molecule is C=c1c(C)c(O)c(=C)c(C(C)(C)CC(=O)N(CC)c2cc3c(cc2C)C2(OC(=O)c4cc(C(=O)ON5C(=O)C=CC5=O)ccc42)c2cc(C)c(N(CC)C(=O)CC(C)(C)c4c(O)c(=C)c(C)c(O)c4=C)cc2O3)c1O. The van der Waals surface area contributed by atoms with Gasteiger partial charge in [0, 0.05) is 121 Å². The van der Waals surface area contributed by atoms with Crippen molar-refractivity contribution in [2.45, 2.75) is 98.5 Å². The molecule has 0 aromatic heterocycles. The normalized spacial score (nSPS) is 14.3. The Bertz CT molecular complexity index is 3470. The van der Waals surface area contributed by atoms with Crippen molar-refractivity contribution < 1.29 is 63.5 Å². The van der Waals surface area contributed by atoms with Crippen molar-refractivity contribution in [2.24, 2.45) is 0 Å². The third-order valence-corrected chi connectivity index (χ3v) is 14.8. The third-order valence-electron chi connectivity index (χ3n) is 14.8. The van der Waals surface area contributed by atoms with Crippen LogP contribution in [-0.4, -0.2) is 74.1 Å². The zero-order chi connectivity index (χ0) is 55.3. The van der Waals surface area contributed by atoms with Gasteiger partial charge < -0.3 is 44.5 Å². The Balaban J connectivity index is 1.25. The van der Waals surface area contributed by atoms with Gasteiger partial charge in [0.05, 0.1) is 22.5 Å². The molecule has 4 amide bonds. The van der Waals surface area contributed by atoms with Crippen LogP contribution in [0.15, 0.2) is 54.6 Å². The number of carbonyl (C=O) groups is 6. The molecule has 0 unspecified atom stereocenters. The lowest BCUT2D eigenvalue weighted by Gasteiger charge is -2.39. The van der Waals surface area contributed by atoms with E-state index in [2.05, 4.69) is 26.3 Å². The number of esters is 1. The predicted molar refractivity (Wildman–Crippen MR) is 282 cm³/mol. The number of hydrogen-bond acceptors (Lipinski definition) is 13. The van der Waals surface area contributed by atoms with Gasteiger partial charge >= 0.3 is 11.9 Å². The van der Waals surface area contributed by atoms with E-state index in [1.165, 1.54) is 18.2 Å². The molecule has 0 aliphatic carbocycles. The number of hydroxylamine groups is 2. The van der Waals surface area contributed by atoms with Crippen LogP contribution < -0.4 is 35.4 Å². The quantitative estimate of drug-likeness (QED) is 0.0606. The number of hydrogen-bond donors (Lipinski definition) is 4. The van der Waals surface area contributed by atoms with Gasteiger partial charge in [-0.15, -0.1) is 0 Å². The summed E-state index contributed by atoms with van der Waals surface area (Å²) in [6, 6.07) is 11.0. The number of rotatable bonds is 12. The first-order chi connectivity index (χ1) is 35.0. The van der Waals surface area contributed by atoms with Crippen LogP contribution in [-0.2, 0) is 45.2 Å². The number of phenols is 4. The smallest absolute Gasteiger partial charge is 0.363 e. The first kappa shape index (κ1) is 52.7. The second kappa shape index (κ2) is 18.4. The molecule has 0 bridgehead atoms. The van der Waals surface area contributed by atoms with Gasteiger partial charge in [-0.1, -0.05) is 65.1 Å². The van der Waals surface area contributed by atoms with Gasteiger partial charge in [0.15, 0.2) is 5.60 Å². The fourth-order valence-corrected chi connectivity index (χ4v) is 10.8. The minimum atomic E-state index is -1.76. The average Bonchev–Trinajstić information content (AvgIpc) is 3.82. The van der Waals surface area contributed by atoms with Gasteiger partial charge in [-0.05, 0) is 76.9 Å². The number of carbonyl (C=O) groups excluding carboxylic acids is 6. The van der Waals surface area contributed by atoms with E-state index >= 15 is 0 Å². The Morgan fingerprint density at radius 1 is 0.627 bits per heavy atom. The molecular formula is C59H59N3O13. The van der Waals surface area contributed by atoms with Gasteiger partial charge in [0.25, 0.3) is 11.8 Å². The van der Waals surface area contributed by atoms with Crippen molar-refractivity contribution in [1.82, 2.24) is 5.06 Å². The minimum Gasteiger partial charge on any atom is -0.507 e. The van der Waals surface area contributed by atoms with Crippen LogP contribution in [0, 0.1) is 27.7 Å². The van der Waals surface area contributed by atoms with Crippen molar-refractivity contribution in [1.29, 1.82) is 0 Å². The number of imide groups is 1. The first-order valence-corrected chi connectivity index (χ1v) is 24.2. The molecule has 16 nitrogen and oxygen atoms in total. The molecule has 75 heavy (non-hydrogen) atoms. The molecule has 388 valence electrons. The van der Waals surface area contributed by atoms with Crippen LogP contribution in [0.3, 0.4) is 0 Å². The van der Waals surface area contributed by atoms with Crippen LogP contribution in [0.1, 0.15) is 125 Å². The largest absolute Gasteiger partial charge is 0.507 e. The average molecular weight is 1020 g/mol. The maximum Gasteiger partial charge on any atom is 0.363 e. The van der Waals surface area contributed by atoms with E-state index in [-0.39, 0.29) is 115 Å². The van der Waals surface area contributed by atoms with E-state index in [0.29, 0.717) is 55.4 Å². The number of benzene rings is 5. The molecule has 5 aromatic rings. The summed E-state index contributed by atoms with van der Waals surface area (Å²) in [5.41, 5.74) is 0.233. The van der Waals surface area contributed by atoms with Crippen LogP contribution >= 0.6 is 0 Å². The molecular weight excluding hydrogens is 959 g/mol. The number of fused-ring (bicyclic) bond motifs is 6. The van der Waals surface area contributed by atoms with Crippen molar-refractivity contribution in [3.8, 4) is 34.5 Å². The monoisotopic (exact) mass is 1020 g/mol. The van der Waals surface area contributed by atoms with Gasteiger partial charge in [-0.25, -0.2) is 9.59 Å². The Morgan fingerprint density at radius 2 is 1.05 bits per heavy atom. The number of anilines is 2. The van der Waals surface area contributed by atoms with E-state index in [4.69, 9.17) is 14.3 Å². The zero-order valence-corrected chi connectivity index (χ0v) is 43.7. The van der Waals surface area contributed by atoms with E-state index in [9.17, 15) is 49.2 Å². The Labute approximate surface area is 432 Å². The number of amides is 4. The van der Waals surface area contributed by atoms with Gasteiger partial charge in [-0.2, -0.15) is 0 Å². The Morgan fingerprint density at radius 3 is 1.47 bits per heavy atom. The number of phenolic OH excluding ortho intramolecular Hbond substituents is 4. The highest BCUT2D eigenvalue weighted by atomic mass is 16.7. The minimum absolute atomic E-state index is 0.0367. The summed E-state index contributed by atoms with van der Waals surface area (Å²) >= 11 is 0. The third kappa shape index (κ3) is 8.24. The molecule has 3 heterocycles. The topological polar surface area (TPSA) is 221 Å².